The predicted octanol–water partition coefficient (Wildman–Crippen LogP) is 4.80. The fourth-order valence-corrected chi connectivity index (χ4v) is 2.77. The van der Waals surface area contributed by atoms with Gasteiger partial charge in [-0.1, -0.05) is 36.0 Å². The molecule has 9 heteroatoms. The number of benzene rings is 2. The number of alkyl halides is 3. The summed E-state index contributed by atoms with van der Waals surface area (Å²) < 4.78 is 53.8. The average molecular weight is 369 g/mol. The maximum atomic E-state index is 13.7. The molecule has 4 nitrogen and oxygen atoms in total. The molecule has 0 spiro atoms. The Labute approximate surface area is 144 Å². The van der Waals surface area contributed by atoms with E-state index in [0.717, 1.165) is 5.56 Å². The van der Waals surface area contributed by atoms with Crippen molar-refractivity contribution in [3.8, 4) is 17.1 Å². The number of hydrogen-bond donors (Lipinski definition) is 1. The fourth-order valence-electron chi connectivity index (χ4n) is 2.02. The number of H-pyrrole nitrogens is 1. The molecule has 0 aliphatic heterocycles. The van der Waals surface area contributed by atoms with Crippen molar-refractivity contribution in [1.29, 1.82) is 0 Å². The Morgan fingerprint density at radius 2 is 1.76 bits per heavy atom. The number of aromatic nitrogens is 3. The van der Waals surface area contributed by atoms with Crippen molar-refractivity contribution < 1.29 is 22.3 Å². The first-order valence-corrected chi connectivity index (χ1v) is 8.04. The molecule has 0 saturated heterocycles. The lowest BCUT2D eigenvalue weighted by Gasteiger charge is -2.08. The zero-order valence-corrected chi connectivity index (χ0v) is 13.4. The normalized spacial score (nSPS) is 11.5. The number of aromatic amines is 1. The summed E-state index contributed by atoms with van der Waals surface area (Å²) in [6, 6.07) is 11.7. The molecule has 0 radical (unpaired) electrons. The highest BCUT2D eigenvalue weighted by Gasteiger charge is 2.30. The molecule has 1 N–H and O–H groups in total. The van der Waals surface area contributed by atoms with E-state index in [9.17, 15) is 17.6 Å². The summed E-state index contributed by atoms with van der Waals surface area (Å²) in [6.07, 6.45) is -4.71. The summed E-state index contributed by atoms with van der Waals surface area (Å²) in [5, 5.41) is 7.08. The predicted molar refractivity (Wildman–Crippen MR) is 84.5 cm³/mol. The Bertz CT molecular complexity index is 849. The van der Waals surface area contributed by atoms with Crippen LogP contribution in [0.25, 0.3) is 11.4 Å². The van der Waals surface area contributed by atoms with E-state index >= 15 is 0 Å². The maximum absolute atomic E-state index is 13.7. The lowest BCUT2D eigenvalue weighted by molar-refractivity contribution is -0.274. The van der Waals surface area contributed by atoms with Gasteiger partial charge in [0.2, 0.25) is 5.16 Å². The average Bonchev–Trinajstić information content (AvgIpc) is 3.02. The van der Waals surface area contributed by atoms with E-state index in [1.165, 1.54) is 42.1 Å². The van der Waals surface area contributed by atoms with Gasteiger partial charge in [-0.15, -0.1) is 18.3 Å². The summed E-state index contributed by atoms with van der Waals surface area (Å²) in [5.74, 6) is 0.0758. The first-order valence-electron chi connectivity index (χ1n) is 7.05. The number of halogens is 4. The van der Waals surface area contributed by atoms with Gasteiger partial charge in [0.05, 0.1) is 5.56 Å². The first-order chi connectivity index (χ1) is 11.9. The molecule has 1 heterocycles. The highest BCUT2D eigenvalue weighted by molar-refractivity contribution is 7.98. The van der Waals surface area contributed by atoms with Crippen molar-refractivity contribution in [1.82, 2.24) is 15.2 Å². The van der Waals surface area contributed by atoms with Gasteiger partial charge in [0.15, 0.2) is 5.82 Å². The van der Waals surface area contributed by atoms with Crippen molar-refractivity contribution in [2.45, 2.75) is 17.3 Å². The van der Waals surface area contributed by atoms with Gasteiger partial charge in [0.1, 0.15) is 11.6 Å². The van der Waals surface area contributed by atoms with Gasteiger partial charge in [0.25, 0.3) is 0 Å². The van der Waals surface area contributed by atoms with Crippen LogP contribution < -0.4 is 4.74 Å². The minimum Gasteiger partial charge on any atom is -0.406 e. The molecule has 3 rings (SSSR count). The van der Waals surface area contributed by atoms with Gasteiger partial charge in [-0.3, -0.25) is 5.10 Å². The van der Waals surface area contributed by atoms with E-state index in [1.54, 1.807) is 18.2 Å². The zero-order valence-electron chi connectivity index (χ0n) is 12.5. The second-order valence-corrected chi connectivity index (χ2v) is 5.87. The molecular weight excluding hydrogens is 358 g/mol. The summed E-state index contributed by atoms with van der Waals surface area (Å²) in [7, 11) is 0. The monoisotopic (exact) mass is 369 g/mol. The number of ether oxygens (including phenoxy) is 1. The molecule has 0 aliphatic carbocycles. The van der Waals surface area contributed by atoms with Crippen molar-refractivity contribution in [2.75, 3.05) is 0 Å². The third-order valence-corrected chi connectivity index (χ3v) is 4.04. The van der Waals surface area contributed by atoms with Crippen LogP contribution in [0.3, 0.4) is 0 Å². The Hall–Kier alpha value is -2.55. The smallest absolute Gasteiger partial charge is 0.406 e. The Morgan fingerprint density at radius 1 is 1.04 bits per heavy atom. The molecule has 0 atom stereocenters. The minimum absolute atomic E-state index is 0.277. The summed E-state index contributed by atoms with van der Waals surface area (Å²) >= 11 is 1.27. The zero-order chi connectivity index (χ0) is 17.9. The van der Waals surface area contributed by atoms with Crippen LogP contribution in [0.4, 0.5) is 17.6 Å². The molecule has 25 heavy (non-hydrogen) atoms. The van der Waals surface area contributed by atoms with Crippen LogP contribution in [0.2, 0.25) is 0 Å². The molecule has 0 bridgehead atoms. The number of nitrogens with zero attached hydrogens (tertiary/aromatic N) is 2. The van der Waals surface area contributed by atoms with Crippen LogP contribution in [0.5, 0.6) is 5.75 Å². The van der Waals surface area contributed by atoms with Gasteiger partial charge in [-0.2, -0.15) is 0 Å². The van der Waals surface area contributed by atoms with E-state index in [0.29, 0.717) is 22.3 Å². The van der Waals surface area contributed by atoms with Crippen molar-refractivity contribution in [2.24, 2.45) is 0 Å². The minimum atomic E-state index is -4.71. The molecule has 130 valence electrons. The fraction of sp³-hybridized carbons (Fsp3) is 0.125. The van der Waals surface area contributed by atoms with Crippen molar-refractivity contribution in [3.63, 3.8) is 0 Å². The second kappa shape index (κ2) is 7.14. The molecule has 2 aromatic carbocycles. The van der Waals surface area contributed by atoms with E-state index in [1.807, 2.05) is 0 Å². The molecule has 0 aliphatic rings. The Kier molecular flexibility index (Phi) is 4.93. The topological polar surface area (TPSA) is 50.8 Å². The maximum Gasteiger partial charge on any atom is 0.573 e. The highest BCUT2D eigenvalue weighted by atomic mass is 32.2. The molecule has 1 aromatic heterocycles. The number of nitrogens with one attached hydrogen (secondary N) is 1. The van der Waals surface area contributed by atoms with Gasteiger partial charge < -0.3 is 4.74 Å². The van der Waals surface area contributed by atoms with Crippen LogP contribution in [0.1, 0.15) is 5.56 Å². The van der Waals surface area contributed by atoms with E-state index in [2.05, 4.69) is 19.9 Å². The van der Waals surface area contributed by atoms with Crippen LogP contribution in [-0.2, 0) is 5.75 Å². The SMILES string of the molecule is Fc1ccccc1-c1nc(SCc2ccc(OC(F)(F)F)cc2)n[nH]1. The van der Waals surface area contributed by atoms with Crippen LogP contribution in [0, 0.1) is 5.82 Å². The number of rotatable bonds is 5. The summed E-state index contributed by atoms with van der Waals surface area (Å²) in [6.45, 7) is 0. The molecule has 0 unspecified atom stereocenters. The molecule has 0 saturated carbocycles. The van der Waals surface area contributed by atoms with Crippen LogP contribution >= 0.6 is 11.8 Å². The third kappa shape index (κ3) is 4.72. The molecular formula is C16H11F4N3OS. The second-order valence-electron chi connectivity index (χ2n) is 4.93. The largest absolute Gasteiger partial charge is 0.573 e. The Morgan fingerprint density at radius 3 is 2.44 bits per heavy atom. The van der Waals surface area contributed by atoms with Crippen LogP contribution in [-0.4, -0.2) is 21.5 Å². The molecule has 0 fully saturated rings. The summed E-state index contributed by atoms with van der Waals surface area (Å²) in [4.78, 5) is 4.21. The number of thioether (sulfide) groups is 1. The van der Waals surface area contributed by atoms with Gasteiger partial charge in [0, 0.05) is 5.75 Å². The molecule has 3 aromatic rings. The van der Waals surface area contributed by atoms with E-state index in [4.69, 9.17) is 0 Å². The standard InChI is InChI=1S/C16H11F4N3OS/c17-13-4-2-1-3-12(13)14-21-15(23-22-14)25-9-10-5-7-11(8-6-10)24-16(18,19)20/h1-8H,9H2,(H,21,22,23). The highest BCUT2D eigenvalue weighted by Crippen LogP contribution is 2.26. The van der Waals surface area contributed by atoms with Crippen LogP contribution in [0.15, 0.2) is 53.7 Å². The van der Waals surface area contributed by atoms with Gasteiger partial charge >= 0.3 is 6.36 Å². The lowest BCUT2D eigenvalue weighted by Crippen LogP contribution is -2.16. The Balaban J connectivity index is 1.62. The number of hydrogen-bond acceptors (Lipinski definition) is 4. The van der Waals surface area contributed by atoms with Gasteiger partial charge in [-0.25, -0.2) is 9.37 Å². The lowest BCUT2D eigenvalue weighted by atomic mass is 10.2. The van der Waals surface area contributed by atoms with Gasteiger partial charge in [-0.05, 0) is 29.8 Å². The third-order valence-electron chi connectivity index (χ3n) is 3.12. The first kappa shape index (κ1) is 17.3. The van der Waals surface area contributed by atoms with E-state index < -0.39 is 12.2 Å². The van der Waals surface area contributed by atoms with E-state index in [-0.39, 0.29) is 5.75 Å². The van der Waals surface area contributed by atoms with Crippen molar-refractivity contribution in [3.05, 3.63) is 59.9 Å². The molecule has 0 amide bonds. The summed E-state index contributed by atoms with van der Waals surface area (Å²) in [5.41, 5.74) is 1.09. The quantitative estimate of drug-likeness (QED) is 0.518. The van der Waals surface area contributed by atoms with Crippen molar-refractivity contribution >= 4 is 11.8 Å².